The number of hydrogen-bond acceptors (Lipinski definition) is 3. The van der Waals surface area contributed by atoms with Crippen molar-refractivity contribution in [2.75, 3.05) is 13.1 Å². The molecule has 0 radical (unpaired) electrons. The quantitative estimate of drug-likeness (QED) is 0.885. The van der Waals surface area contributed by atoms with E-state index in [1.165, 1.54) is 5.69 Å². The summed E-state index contributed by atoms with van der Waals surface area (Å²) in [5, 5.41) is 4.41. The van der Waals surface area contributed by atoms with Gasteiger partial charge in [0.25, 0.3) is 0 Å². The molecule has 4 nitrogen and oxygen atoms in total. The molecule has 1 aromatic heterocycles. The minimum absolute atomic E-state index is 0.332. The molecule has 2 aromatic rings. The first-order valence-corrected chi connectivity index (χ1v) is 6.39. The van der Waals surface area contributed by atoms with Gasteiger partial charge in [0, 0.05) is 31.9 Å². The van der Waals surface area contributed by atoms with Gasteiger partial charge in [0.15, 0.2) is 0 Å². The maximum Gasteiger partial charge on any atom is 0.0649 e. The van der Waals surface area contributed by atoms with Crippen LogP contribution >= 0.6 is 0 Å². The molecule has 94 valence electrons. The van der Waals surface area contributed by atoms with Crippen molar-refractivity contribution in [3.8, 4) is 5.69 Å². The van der Waals surface area contributed by atoms with E-state index in [9.17, 15) is 0 Å². The van der Waals surface area contributed by atoms with Crippen LogP contribution in [0.15, 0.2) is 42.6 Å². The Morgan fingerprint density at radius 3 is 2.78 bits per heavy atom. The monoisotopic (exact) mass is 242 g/mol. The molecule has 1 aromatic carbocycles. The number of nitrogens with two attached hydrogens (primary N) is 1. The molecule has 1 aliphatic heterocycles. The molecule has 4 heteroatoms. The largest absolute Gasteiger partial charge is 0.326 e. The maximum atomic E-state index is 5.94. The highest BCUT2D eigenvalue weighted by Gasteiger charge is 2.20. The summed E-state index contributed by atoms with van der Waals surface area (Å²) >= 11 is 0. The summed E-state index contributed by atoms with van der Waals surface area (Å²) in [4.78, 5) is 2.39. The Kier molecular flexibility index (Phi) is 3.13. The predicted molar refractivity (Wildman–Crippen MR) is 71.4 cm³/mol. The minimum atomic E-state index is 0.332. The highest BCUT2D eigenvalue weighted by molar-refractivity contribution is 5.32. The fourth-order valence-electron chi connectivity index (χ4n) is 2.49. The van der Waals surface area contributed by atoms with Crippen LogP contribution in [-0.4, -0.2) is 33.8 Å². The average molecular weight is 242 g/mol. The van der Waals surface area contributed by atoms with E-state index in [4.69, 9.17) is 5.73 Å². The standard InChI is InChI=1S/C14H18N4/c15-12-7-9-17(10-12)11-14-6-8-16-18(14)13-4-2-1-3-5-13/h1-6,8,12H,7,9-11,15H2/t12-/m1/s1. The molecule has 0 amide bonds. The van der Waals surface area contributed by atoms with E-state index in [1.807, 2.05) is 29.1 Å². The molecule has 1 fully saturated rings. The Labute approximate surface area is 107 Å². The highest BCUT2D eigenvalue weighted by Crippen LogP contribution is 2.15. The van der Waals surface area contributed by atoms with Crippen LogP contribution in [0.3, 0.4) is 0 Å². The van der Waals surface area contributed by atoms with Crippen molar-refractivity contribution in [2.24, 2.45) is 5.73 Å². The second-order valence-electron chi connectivity index (χ2n) is 4.85. The van der Waals surface area contributed by atoms with E-state index in [-0.39, 0.29) is 0 Å². The number of aromatic nitrogens is 2. The minimum Gasteiger partial charge on any atom is -0.326 e. The molecular weight excluding hydrogens is 224 g/mol. The van der Waals surface area contributed by atoms with Crippen LogP contribution in [0.25, 0.3) is 5.69 Å². The van der Waals surface area contributed by atoms with Gasteiger partial charge < -0.3 is 5.73 Å². The van der Waals surface area contributed by atoms with Crippen LogP contribution in [-0.2, 0) is 6.54 Å². The van der Waals surface area contributed by atoms with E-state index in [2.05, 4.69) is 28.2 Å². The summed E-state index contributed by atoms with van der Waals surface area (Å²) in [5.74, 6) is 0. The maximum absolute atomic E-state index is 5.94. The third-order valence-corrected chi connectivity index (χ3v) is 3.42. The molecule has 1 saturated heterocycles. The normalized spacial score (nSPS) is 20.4. The predicted octanol–water partition coefficient (Wildman–Crippen LogP) is 1.41. The zero-order chi connectivity index (χ0) is 12.4. The van der Waals surface area contributed by atoms with Crippen molar-refractivity contribution in [2.45, 2.75) is 19.0 Å². The van der Waals surface area contributed by atoms with Gasteiger partial charge in [0.1, 0.15) is 0 Å². The van der Waals surface area contributed by atoms with Crippen LogP contribution in [0, 0.1) is 0 Å². The topological polar surface area (TPSA) is 47.1 Å². The van der Waals surface area contributed by atoms with Crippen molar-refractivity contribution in [1.29, 1.82) is 0 Å². The van der Waals surface area contributed by atoms with Gasteiger partial charge in [-0.3, -0.25) is 4.90 Å². The second-order valence-corrected chi connectivity index (χ2v) is 4.85. The number of benzene rings is 1. The lowest BCUT2D eigenvalue weighted by atomic mass is 10.3. The fourth-order valence-corrected chi connectivity index (χ4v) is 2.49. The molecule has 2 N–H and O–H groups in total. The van der Waals surface area contributed by atoms with Gasteiger partial charge >= 0.3 is 0 Å². The third-order valence-electron chi connectivity index (χ3n) is 3.42. The molecule has 0 unspecified atom stereocenters. The summed E-state index contributed by atoms with van der Waals surface area (Å²) in [6.07, 6.45) is 2.96. The first-order valence-electron chi connectivity index (χ1n) is 6.39. The number of nitrogens with zero attached hydrogens (tertiary/aromatic N) is 3. The molecule has 0 bridgehead atoms. The Hall–Kier alpha value is -1.65. The molecule has 3 rings (SSSR count). The summed E-state index contributed by atoms with van der Waals surface area (Å²) in [7, 11) is 0. The van der Waals surface area contributed by atoms with Crippen LogP contribution in [0.2, 0.25) is 0 Å². The lowest BCUT2D eigenvalue weighted by Gasteiger charge is -2.16. The van der Waals surface area contributed by atoms with Crippen LogP contribution in [0.4, 0.5) is 0 Å². The summed E-state index contributed by atoms with van der Waals surface area (Å²) in [5.41, 5.74) is 8.27. The van der Waals surface area contributed by atoms with Crippen molar-refractivity contribution < 1.29 is 0 Å². The van der Waals surface area contributed by atoms with Gasteiger partial charge in [-0.05, 0) is 24.6 Å². The van der Waals surface area contributed by atoms with E-state index >= 15 is 0 Å². The van der Waals surface area contributed by atoms with Gasteiger partial charge in [-0.25, -0.2) is 4.68 Å². The van der Waals surface area contributed by atoms with Gasteiger partial charge in [0.05, 0.1) is 11.4 Å². The number of para-hydroxylation sites is 1. The zero-order valence-electron chi connectivity index (χ0n) is 10.4. The van der Waals surface area contributed by atoms with E-state index in [1.54, 1.807) is 0 Å². The lowest BCUT2D eigenvalue weighted by molar-refractivity contribution is 0.319. The number of hydrogen-bond donors (Lipinski definition) is 1. The highest BCUT2D eigenvalue weighted by atomic mass is 15.3. The molecule has 2 heterocycles. The first-order chi connectivity index (χ1) is 8.83. The molecule has 1 aliphatic rings. The summed E-state index contributed by atoms with van der Waals surface area (Å²) in [6, 6.07) is 12.7. The zero-order valence-corrected chi connectivity index (χ0v) is 10.4. The molecule has 0 spiro atoms. The molecular formula is C14H18N4. The second kappa shape index (κ2) is 4.92. The van der Waals surface area contributed by atoms with Crippen LogP contribution in [0.5, 0.6) is 0 Å². The molecule has 18 heavy (non-hydrogen) atoms. The smallest absolute Gasteiger partial charge is 0.0649 e. The average Bonchev–Trinajstić information content (AvgIpc) is 3.00. The Bertz CT molecular complexity index is 506. The third kappa shape index (κ3) is 2.30. The summed E-state index contributed by atoms with van der Waals surface area (Å²) in [6.45, 7) is 2.99. The summed E-state index contributed by atoms with van der Waals surface area (Å²) < 4.78 is 2.00. The van der Waals surface area contributed by atoms with E-state index < -0.39 is 0 Å². The Balaban J connectivity index is 1.80. The van der Waals surface area contributed by atoms with E-state index in [0.717, 1.165) is 31.7 Å². The Morgan fingerprint density at radius 1 is 1.22 bits per heavy atom. The molecule has 1 atom stereocenters. The van der Waals surface area contributed by atoms with Gasteiger partial charge in [-0.2, -0.15) is 5.10 Å². The fraction of sp³-hybridized carbons (Fsp3) is 0.357. The van der Waals surface area contributed by atoms with Crippen molar-refractivity contribution >= 4 is 0 Å². The van der Waals surface area contributed by atoms with Gasteiger partial charge in [-0.1, -0.05) is 18.2 Å². The number of likely N-dealkylation sites (tertiary alicyclic amines) is 1. The van der Waals surface area contributed by atoms with Crippen molar-refractivity contribution in [3.05, 3.63) is 48.3 Å². The first kappa shape index (κ1) is 11.4. The van der Waals surface area contributed by atoms with Gasteiger partial charge in [-0.15, -0.1) is 0 Å². The SMILES string of the molecule is N[C@@H]1CCN(Cc2ccnn2-c2ccccc2)C1. The Morgan fingerprint density at radius 2 is 2.06 bits per heavy atom. The van der Waals surface area contributed by atoms with Crippen molar-refractivity contribution in [3.63, 3.8) is 0 Å². The van der Waals surface area contributed by atoms with Crippen LogP contribution < -0.4 is 5.73 Å². The number of rotatable bonds is 3. The lowest BCUT2D eigenvalue weighted by Crippen LogP contribution is -2.27. The van der Waals surface area contributed by atoms with Crippen LogP contribution in [0.1, 0.15) is 12.1 Å². The van der Waals surface area contributed by atoms with E-state index in [0.29, 0.717) is 6.04 Å². The van der Waals surface area contributed by atoms with Crippen molar-refractivity contribution in [1.82, 2.24) is 14.7 Å². The van der Waals surface area contributed by atoms with Gasteiger partial charge in [0.2, 0.25) is 0 Å². The molecule has 0 saturated carbocycles. The molecule has 0 aliphatic carbocycles.